The lowest BCUT2D eigenvalue weighted by atomic mass is 9.80. The number of benzene rings is 1. The maximum atomic E-state index is 9.13. The van der Waals surface area contributed by atoms with Crippen LogP contribution in [-0.4, -0.2) is 17.2 Å². The van der Waals surface area contributed by atoms with Crippen LogP contribution in [0.5, 0.6) is 0 Å². The molecular weight excluding hydrogens is 218 g/mol. The highest BCUT2D eigenvalue weighted by molar-refractivity contribution is 7.19. The van der Waals surface area contributed by atoms with Crippen LogP contribution in [0.3, 0.4) is 0 Å². The fourth-order valence-electron chi connectivity index (χ4n) is 1.45. The zero-order valence-corrected chi connectivity index (χ0v) is 9.06. The van der Waals surface area contributed by atoms with E-state index in [1.807, 2.05) is 13.0 Å². The van der Waals surface area contributed by atoms with Crippen LogP contribution in [-0.2, 0) is 0 Å². The SMILES string of the molecule is Cc1ccc(Cl)c2c(B(O)O)csc12. The Morgan fingerprint density at radius 2 is 2.07 bits per heavy atom. The second-order valence-electron chi connectivity index (χ2n) is 3.13. The van der Waals surface area contributed by atoms with Gasteiger partial charge in [0.2, 0.25) is 0 Å². The molecule has 0 atom stereocenters. The molecule has 1 aromatic carbocycles. The maximum absolute atomic E-state index is 9.13. The summed E-state index contributed by atoms with van der Waals surface area (Å²) in [6.45, 7) is 1.97. The predicted molar refractivity (Wildman–Crippen MR) is 61.4 cm³/mol. The molecule has 72 valence electrons. The number of rotatable bonds is 1. The lowest BCUT2D eigenvalue weighted by molar-refractivity contribution is 0.426. The van der Waals surface area contributed by atoms with Crippen molar-refractivity contribution < 1.29 is 10.0 Å². The van der Waals surface area contributed by atoms with Gasteiger partial charge in [-0.1, -0.05) is 17.7 Å². The molecule has 0 fully saturated rings. The summed E-state index contributed by atoms with van der Waals surface area (Å²) in [5.74, 6) is 0. The maximum Gasteiger partial charge on any atom is 0.489 e. The van der Waals surface area contributed by atoms with E-state index in [-0.39, 0.29) is 0 Å². The molecule has 0 aliphatic heterocycles. The number of hydrogen-bond donors (Lipinski definition) is 2. The van der Waals surface area contributed by atoms with E-state index in [9.17, 15) is 0 Å². The summed E-state index contributed by atoms with van der Waals surface area (Å²) in [6, 6.07) is 3.70. The Hall–Kier alpha value is -0.545. The highest BCUT2D eigenvalue weighted by Crippen LogP contribution is 2.29. The Morgan fingerprint density at radius 3 is 2.71 bits per heavy atom. The molecule has 14 heavy (non-hydrogen) atoms. The quantitative estimate of drug-likeness (QED) is 0.724. The van der Waals surface area contributed by atoms with Gasteiger partial charge < -0.3 is 10.0 Å². The summed E-state index contributed by atoms with van der Waals surface area (Å²) >= 11 is 7.48. The summed E-state index contributed by atoms with van der Waals surface area (Å²) in [4.78, 5) is 0. The number of fused-ring (bicyclic) bond motifs is 1. The molecule has 0 spiro atoms. The third-order valence-electron chi connectivity index (χ3n) is 2.17. The summed E-state index contributed by atoms with van der Waals surface area (Å²) in [5, 5.41) is 21.3. The lowest BCUT2D eigenvalue weighted by Gasteiger charge is -2.01. The van der Waals surface area contributed by atoms with Gasteiger partial charge in [0.05, 0.1) is 0 Å². The van der Waals surface area contributed by atoms with Crippen molar-refractivity contribution in [2.45, 2.75) is 6.92 Å². The Bertz CT molecular complexity index is 481. The van der Waals surface area contributed by atoms with Crippen molar-refractivity contribution in [1.29, 1.82) is 0 Å². The highest BCUT2D eigenvalue weighted by atomic mass is 35.5. The van der Waals surface area contributed by atoms with Crippen molar-refractivity contribution in [3.05, 3.63) is 28.1 Å². The van der Waals surface area contributed by atoms with E-state index in [2.05, 4.69) is 0 Å². The Morgan fingerprint density at radius 1 is 1.36 bits per heavy atom. The first kappa shape index (κ1) is 9.99. The molecule has 0 unspecified atom stereocenters. The monoisotopic (exact) mass is 226 g/mol. The molecule has 2 rings (SSSR count). The smallest absolute Gasteiger partial charge is 0.423 e. The first-order valence-electron chi connectivity index (χ1n) is 4.13. The molecule has 0 saturated heterocycles. The number of aryl methyl sites for hydroxylation is 1. The van der Waals surface area contributed by atoms with E-state index >= 15 is 0 Å². The van der Waals surface area contributed by atoms with Crippen LogP contribution >= 0.6 is 22.9 Å². The fourth-order valence-corrected chi connectivity index (χ4v) is 2.86. The molecule has 0 radical (unpaired) electrons. The Labute approximate surface area is 90.9 Å². The molecule has 1 heterocycles. The van der Waals surface area contributed by atoms with Crippen LogP contribution in [0.25, 0.3) is 10.1 Å². The second kappa shape index (κ2) is 3.55. The largest absolute Gasteiger partial charge is 0.489 e. The van der Waals surface area contributed by atoms with Gasteiger partial charge in [-0.15, -0.1) is 11.3 Å². The number of halogens is 1. The van der Waals surface area contributed by atoms with Crippen LogP contribution in [0.4, 0.5) is 0 Å². The standard InChI is InChI=1S/C9H8BClO2S/c1-5-2-3-7(11)8-6(10(12)13)4-14-9(5)8/h2-4,12-13H,1H3. The average Bonchev–Trinajstić information content (AvgIpc) is 2.56. The third kappa shape index (κ3) is 1.44. The molecule has 0 aliphatic carbocycles. The van der Waals surface area contributed by atoms with Crippen LogP contribution < -0.4 is 5.46 Å². The number of hydrogen-bond acceptors (Lipinski definition) is 3. The molecule has 2 nitrogen and oxygen atoms in total. The van der Waals surface area contributed by atoms with Gasteiger partial charge in [0.15, 0.2) is 0 Å². The van der Waals surface area contributed by atoms with Crippen LogP contribution in [0.2, 0.25) is 5.02 Å². The van der Waals surface area contributed by atoms with Gasteiger partial charge in [-0.2, -0.15) is 0 Å². The van der Waals surface area contributed by atoms with Gasteiger partial charge in [-0.05, 0) is 23.9 Å². The van der Waals surface area contributed by atoms with Crippen LogP contribution in [0.1, 0.15) is 5.56 Å². The van der Waals surface area contributed by atoms with Gasteiger partial charge >= 0.3 is 7.12 Å². The summed E-state index contributed by atoms with van der Waals surface area (Å²) in [7, 11) is -1.46. The first-order chi connectivity index (χ1) is 6.61. The van der Waals surface area contributed by atoms with Crippen molar-refractivity contribution >= 4 is 45.6 Å². The van der Waals surface area contributed by atoms with Gasteiger partial charge in [-0.3, -0.25) is 0 Å². The van der Waals surface area contributed by atoms with Crippen LogP contribution in [0.15, 0.2) is 17.5 Å². The van der Waals surface area contributed by atoms with Gasteiger partial charge in [0, 0.05) is 20.6 Å². The Balaban J connectivity index is 2.84. The highest BCUT2D eigenvalue weighted by Gasteiger charge is 2.19. The normalized spacial score (nSPS) is 10.9. The average molecular weight is 226 g/mol. The lowest BCUT2D eigenvalue weighted by Crippen LogP contribution is -2.28. The molecule has 2 N–H and O–H groups in total. The zero-order valence-electron chi connectivity index (χ0n) is 7.49. The van der Waals surface area contributed by atoms with E-state index in [1.54, 1.807) is 11.4 Å². The minimum Gasteiger partial charge on any atom is -0.423 e. The van der Waals surface area contributed by atoms with Crippen molar-refractivity contribution in [3.63, 3.8) is 0 Å². The minimum atomic E-state index is -1.46. The molecule has 5 heteroatoms. The fraction of sp³-hybridized carbons (Fsp3) is 0.111. The predicted octanol–water partition coefficient (Wildman–Crippen LogP) is 1.54. The molecule has 0 amide bonds. The summed E-state index contributed by atoms with van der Waals surface area (Å²) in [5.41, 5.74) is 1.58. The molecule has 0 bridgehead atoms. The molecule has 0 aliphatic rings. The molecule has 1 aromatic heterocycles. The summed E-state index contributed by atoms with van der Waals surface area (Å²) < 4.78 is 1.01. The first-order valence-corrected chi connectivity index (χ1v) is 5.39. The molecule has 0 saturated carbocycles. The minimum absolute atomic E-state index is 0.485. The van der Waals surface area contributed by atoms with Crippen molar-refractivity contribution in [3.8, 4) is 0 Å². The summed E-state index contributed by atoms with van der Waals surface area (Å²) in [6.07, 6.45) is 0. The van der Waals surface area contributed by atoms with Crippen molar-refractivity contribution in [2.24, 2.45) is 0 Å². The van der Waals surface area contributed by atoms with E-state index in [1.165, 1.54) is 11.3 Å². The van der Waals surface area contributed by atoms with Crippen molar-refractivity contribution in [1.82, 2.24) is 0 Å². The second-order valence-corrected chi connectivity index (χ2v) is 4.42. The van der Waals surface area contributed by atoms with E-state index in [4.69, 9.17) is 21.6 Å². The zero-order chi connectivity index (χ0) is 10.3. The van der Waals surface area contributed by atoms with Gasteiger partial charge in [0.1, 0.15) is 0 Å². The topological polar surface area (TPSA) is 40.5 Å². The van der Waals surface area contributed by atoms with E-state index in [0.717, 1.165) is 15.6 Å². The van der Waals surface area contributed by atoms with Crippen LogP contribution in [0, 0.1) is 6.92 Å². The number of thiophene rings is 1. The van der Waals surface area contributed by atoms with Gasteiger partial charge in [0.25, 0.3) is 0 Å². The van der Waals surface area contributed by atoms with E-state index in [0.29, 0.717) is 10.5 Å². The Kier molecular flexibility index (Phi) is 2.53. The molecular formula is C9H8BClO2S. The van der Waals surface area contributed by atoms with E-state index < -0.39 is 7.12 Å². The molecule has 2 aromatic rings. The van der Waals surface area contributed by atoms with Gasteiger partial charge in [-0.25, -0.2) is 0 Å². The third-order valence-corrected chi connectivity index (χ3v) is 3.62. The van der Waals surface area contributed by atoms with Crippen molar-refractivity contribution in [2.75, 3.05) is 0 Å².